The number of halogens is 6. The highest BCUT2D eigenvalue weighted by atomic mass is 19.4. The maximum atomic E-state index is 12.2. The molecule has 2 N–H and O–H groups in total. The molecule has 6 nitrogen and oxygen atoms in total. The summed E-state index contributed by atoms with van der Waals surface area (Å²) in [5.74, 6) is -6.34. The van der Waals surface area contributed by atoms with Crippen LogP contribution < -0.4 is 10.7 Å². The molecule has 0 unspecified atom stereocenters. The number of imide groups is 1. The van der Waals surface area contributed by atoms with Crippen LogP contribution in [0.1, 0.15) is 0 Å². The van der Waals surface area contributed by atoms with Gasteiger partial charge in [-0.15, -0.1) is 0 Å². The zero-order valence-electron chi connectivity index (χ0n) is 9.60. The lowest BCUT2D eigenvalue weighted by molar-refractivity contribution is -0.206. The molecule has 0 spiro atoms. The second-order valence-corrected chi connectivity index (χ2v) is 3.56. The molecule has 0 aliphatic carbocycles. The first kappa shape index (κ1) is 16.2. The van der Waals surface area contributed by atoms with E-state index < -0.39 is 29.2 Å². The first-order chi connectivity index (χ1) is 9.03. The van der Waals surface area contributed by atoms with Crippen molar-refractivity contribution < 1.29 is 35.9 Å². The molecule has 0 saturated carbocycles. The van der Waals surface area contributed by atoms with Crippen molar-refractivity contribution >= 4 is 17.6 Å². The fourth-order valence-electron chi connectivity index (χ4n) is 1.18. The van der Waals surface area contributed by atoms with E-state index in [-0.39, 0.29) is 18.9 Å². The average molecular weight is 306 g/mol. The largest absolute Gasteiger partial charge is 0.473 e. The lowest BCUT2D eigenvalue weighted by Crippen LogP contribution is -2.59. The Labute approximate surface area is 107 Å². The number of carbonyl (C=O) groups is 2. The summed E-state index contributed by atoms with van der Waals surface area (Å²) in [7, 11) is 0. The van der Waals surface area contributed by atoms with Crippen LogP contribution in [-0.4, -0.2) is 54.6 Å². The van der Waals surface area contributed by atoms with Gasteiger partial charge in [-0.3, -0.25) is 20.0 Å². The lowest BCUT2D eigenvalue weighted by Gasteiger charge is -2.26. The van der Waals surface area contributed by atoms with E-state index in [2.05, 4.69) is 10.3 Å². The second kappa shape index (κ2) is 5.64. The van der Waals surface area contributed by atoms with Gasteiger partial charge >= 0.3 is 24.2 Å². The molecule has 0 atom stereocenters. The smallest absolute Gasteiger partial charge is 0.308 e. The highest BCUT2D eigenvalue weighted by Gasteiger charge is 2.52. The van der Waals surface area contributed by atoms with E-state index in [1.54, 1.807) is 0 Å². The second-order valence-electron chi connectivity index (χ2n) is 3.56. The van der Waals surface area contributed by atoms with Crippen molar-refractivity contribution in [2.24, 2.45) is 4.99 Å². The third-order valence-electron chi connectivity index (χ3n) is 2.02. The number of alkyl halides is 6. The quantitative estimate of drug-likeness (QED) is 0.487. The number of nitrogens with one attached hydrogen (secondary N) is 2. The van der Waals surface area contributed by atoms with E-state index in [1.165, 1.54) is 5.43 Å². The number of aliphatic imine (C=N–C) groups is 1. The Hall–Kier alpha value is -1.85. The standard InChI is InChI=1S/C8H8F6N4O2/c9-7(10,11)5(19)18(6(20)8(12,13)14)17-4-3-15-1-2-16-4/h15H,1-3H2,(H,16,17). The Morgan fingerprint density at radius 1 is 1.10 bits per heavy atom. The summed E-state index contributed by atoms with van der Waals surface area (Å²) in [6.07, 6.45) is -11.3. The van der Waals surface area contributed by atoms with Crippen molar-refractivity contribution in [1.29, 1.82) is 0 Å². The molecule has 0 bridgehead atoms. The minimum atomic E-state index is -5.64. The van der Waals surface area contributed by atoms with Gasteiger partial charge in [0.05, 0.1) is 13.1 Å². The van der Waals surface area contributed by atoms with Crippen LogP contribution in [0.15, 0.2) is 4.99 Å². The zero-order valence-corrected chi connectivity index (χ0v) is 9.60. The SMILES string of the molecule is O=C(N(NC1=NCCNC1)C(=O)C(F)(F)F)C(F)(F)F. The molecule has 0 aromatic heterocycles. The van der Waals surface area contributed by atoms with Crippen LogP contribution in [0.4, 0.5) is 26.3 Å². The van der Waals surface area contributed by atoms with Crippen molar-refractivity contribution in [3.63, 3.8) is 0 Å². The van der Waals surface area contributed by atoms with Crippen molar-refractivity contribution in [2.75, 3.05) is 19.6 Å². The average Bonchev–Trinajstić information content (AvgIpc) is 2.33. The number of nitrogens with zero attached hydrogens (tertiary/aromatic N) is 2. The van der Waals surface area contributed by atoms with Crippen molar-refractivity contribution in [3.05, 3.63) is 0 Å². The maximum Gasteiger partial charge on any atom is 0.473 e. The van der Waals surface area contributed by atoms with Crippen molar-refractivity contribution in [1.82, 2.24) is 15.8 Å². The van der Waals surface area contributed by atoms with E-state index in [0.717, 1.165) is 0 Å². The summed E-state index contributed by atoms with van der Waals surface area (Å²) in [6.45, 7) is 0.245. The van der Waals surface area contributed by atoms with E-state index >= 15 is 0 Å². The highest BCUT2D eigenvalue weighted by molar-refractivity contribution is 6.02. The van der Waals surface area contributed by atoms with Crippen LogP contribution in [0.25, 0.3) is 0 Å². The van der Waals surface area contributed by atoms with Crippen LogP contribution in [-0.2, 0) is 9.59 Å². The minimum Gasteiger partial charge on any atom is -0.308 e. The monoisotopic (exact) mass is 306 g/mol. The first-order valence-corrected chi connectivity index (χ1v) is 5.06. The fourth-order valence-corrected chi connectivity index (χ4v) is 1.18. The highest BCUT2D eigenvalue weighted by Crippen LogP contribution is 2.23. The molecule has 1 rings (SSSR count). The molecular formula is C8H8F6N4O2. The van der Waals surface area contributed by atoms with E-state index in [0.29, 0.717) is 6.54 Å². The van der Waals surface area contributed by atoms with Gasteiger partial charge in [-0.25, -0.2) is 0 Å². The molecule has 0 aromatic carbocycles. The Balaban J connectivity index is 2.98. The summed E-state index contributed by atoms with van der Waals surface area (Å²) < 4.78 is 73.2. The van der Waals surface area contributed by atoms with E-state index in [1.807, 2.05) is 0 Å². The summed E-state index contributed by atoms with van der Waals surface area (Å²) in [6, 6.07) is 0. The predicted molar refractivity (Wildman–Crippen MR) is 52.3 cm³/mol. The molecule has 12 heteroatoms. The van der Waals surface area contributed by atoms with Gasteiger partial charge in [-0.2, -0.15) is 31.4 Å². The molecule has 1 heterocycles. The van der Waals surface area contributed by atoms with Crippen LogP contribution >= 0.6 is 0 Å². The fraction of sp³-hybridized carbons (Fsp3) is 0.625. The topological polar surface area (TPSA) is 73.8 Å². The summed E-state index contributed by atoms with van der Waals surface area (Å²) in [4.78, 5) is 25.3. The van der Waals surface area contributed by atoms with Gasteiger partial charge in [-0.1, -0.05) is 0 Å². The minimum absolute atomic E-state index is 0.0800. The van der Waals surface area contributed by atoms with Gasteiger partial charge in [0.1, 0.15) is 5.84 Å². The molecule has 0 aromatic rings. The maximum absolute atomic E-state index is 12.2. The van der Waals surface area contributed by atoms with Crippen LogP contribution in [0.2, 0.25) is 0 Å². The van der Waals surface area contributed by atoms with Gasteiger partial charge < -0.3 is 5.32 Å². The molecule has 0 fully saturated rings. The number of amidine groups is 1. The molecular weight excluding hydrogens is 298 g/mol. The lowest BCUT2D eigenvalue weighted by atomic mass is 10.4. The van der Waals surface area contributed by atoms with Crippen molar-refractivity contribution in [3.8, 4) is 0 Å². The number of hydrogen-bond donors (Lipinski definition) is 2. The van der Waals surface area contributed by atoms with Gasteiger partial charge in [0.15, 0.2) is 0 Å². The third kappa shape index (κ3) is 4.08. The Morgan fingerprint density at radius 3 is 1.95 bits per heavy atom. The summed E-state index contributed by atoms with van der Waals surface area (Å²) >= 11 is 0. The third-order valence-corrected chi connectivity index (χ3v) is 2.02. The Morgan fingerprint density at radius 2 is 1.60 bits per heavy atom. The van der Waals surface area contributed by atoms with Gasteiger partial charge in [-0.05, 0) is 0 Å². The molecule has 1 aliphatic rings. The first-order valence-electron chi connectivity index (χ1n) is 5.06. The van der Waals surface area contributed by atoms with Gasteiger partial charge in [0.2, 0.25) is 0 Å². The van der Waals surface area contributed by atoms with E-state index in [9.17, 15) is 35.9 Å². The van der Waals surface area contributed by atoms with Gasteiger partial charge in [0.25, 0.3) is 0 Å². The predicted octanol–water partition coefficient (Wildman–Crippen LogP) is -0.0275. The van der Waals surface area contributed by atoms with Crippen LogP contribution in [0.5, 0.6) is 0 Å². The number of rotatable bonds is 0. The summed E-state index contributed by atoms with van der Waals surface area (Å²) in [5, 5.41) is 1.46. The van der Waals surface area contributed by atoms with Crippen molar-refractivity contribution in [2.45, 2.75) is 12.4 Å². The Bertz CT molecular complexity index is 404. The zero-order chi connectivity index (χ0) is 15.6. The molecule has 1 aliphatic heterocycles. The number of amides is 2. The van der Waals surface area contributed by atoms with Crippen LogP contribution in [0.3, 0.4) is 0 Å². The normalized spacial score (nSPS) is 16.4. The van der Waals surface area contributed by atoms with Gasteiger partial charge in [0, 0.05) is 6.54 Å². The van der Waals surface area contributed by atoms with E-state index in [4.69, 9.17) is 0 Å². The molecule has 20 heavy (non-hydrogen) atoms. The summed E-state index contributed by atoms with van der Waals surface area (Å²) in [5.41, 5.74) is 1.45. The Kier molecular flexibility index (Phi) is 4.57. The number of hydrazine groups is 1. The molecule has 114 valence electrons. The molecule has 0 saturated heterocycles. The number of hydrogen-bond acceptors (Lipinski definition) is 5. The molecule has 0 radical (unpaired) electrons. The number of carbonyl (C=O) groups excluding carboxylic acids is 2. The molecule has 2 amide bonds. The van der Waals surface area contributed by atoms with Crippen LogP contribution in [0, 0.1) is 0 Å².